The average molecular weight is 403 g/mol. The summed E-state index contributed by atoms with van der Waals surface area (Å²) in [5.74, 6) is -0.519. The molecule has 5 nitrogen and oxygen atoms in total. The van der Waals surface area contributed by atoms with Crippen LogP contribution in [0.15, 0.2) is 14.1 Å². The second-order valence-electron chi connectivity index (χ2n) is 4.34. The lowest BCUT2D eigenvalue weighted by atomic mass is 10.1. The van der Waals surface area contributed by atoms with Crippen molar-refractivity contribution in [2.24, 2.45) is 0 Å². The number of sulfonamides is 1. The van der Waals surface area contributed by atoms with Crippen molar-refractivity contribution in [3.8, 4) is 0 Å². The van der Waals surface area contributed by atoms with Crippen molar-refractivity contribution in [1.29, 1.82) is 0 Å². The lowest BCUT2D eigenvalue weighted by Crippen LogP contribution is -2.48. The van der Waals surface area contributed by atoms with Crippen LogP contribution in [0.4, 0.5) is 0 Å². The van der Waals surface area contributed by atoms with E-state index in [0.29, 0.717) is 21.8 Å². The van der Waals surface area contributed by atoms with Gasteiger partial charge in [0, 0.05) is 6.54 Å². The molecule has 0 aliphatic carbocycles. The Kier molecular flexibility index (Phi) is 5.12. The highest BCUT2D eigenvalue weighted by Crippen LogP contribution is 2.37. The van der Waals surface area contributed by atoms with E-state index >= 15 is 0 Å². The molecule has 112 valence electrons. The maximum atomic E-state index is 12.6. The van der Waals surface area contributed by atoms with E-state index in [2.05, 4.69) is 15.9 Å². The summed E-state index contributed by atoms with van der Waals surface area (Å²) < 4.78 is 31.9. The molecule has 0 spiro atoms. The standard InChI is InChI=1S/C11H13BrClNO4S2/c1-18-11(15)8-4-2-3-5-14(8)20(16,17)9-6-7(13)10(12)19-9/h6,8H,2-5H2,1H3. The number of halogens is 2. The molecule has 0 bridgehead atoms. The SMILES string of the molecule is COC(=O)C1CCCCN1S(=O)(=O)c1cc(Cl)c(Br)s1. The highest BCUT2D eigenvalue weighted by Gasteiger charge is 2.39. The fourth-order valence-corrected chi connectivity index (χ4v) is 6.31. The van der Waals surface area contributed by atoms with E-state index in [4.69, 9.17) is 16.3 Å². The summed E-state index contributed by atoms with van der Waals surface area (Å²) in [6.45, 7) is 0.315. The van der Waals surface area contributed by atoms with Crippen LogP contribution in [0.3, 0.4) is 0 Å². The summed E-state index contributed by atoms with van der Waals surface area (Å²) in [7, 11) is -2.47. The van der Waals surface area contributed by atoms with E-state index in [-0.39, 0.29) is 4.21 Å². The van der Waals surface area contributed by atoms with E-state index in [0.717, 1.165) is 24.2 Å². The Balaban J connectivity index is 2.37. The fourth-order valence-electron chi connectivity index (χ4n) is 2.13. The third kappa shape index (κ3) is 3.04. The first-order valence-electron chi connectivity index (χ1n) is 5.92. The largest absolute Gasteiger partial charge is 0.468 e. The maximum Gasteiger partial charge on any atom is 0.324 e. The van der Waals surface area contributed by atoms with Crippen molar-refractivity contribution in [1.82, 2.24) is 4.31 Å². The monoisotopic (exact) mass is 401 g/mol. The summed E-state index contributed by atoms with van der Waals surface area (Å²) in [4.78, 5) is 11.8. The zero-order valence-corrected chi connectivity index (χ0v) is 14.6. The van der Waals surface area contributed by atoms with Crippen LogP contribution in [0, 0.1) is 0 Å². The minimum absolute atomic E-state index is 0.130. The van der Waals surface area contributed by atoms with Crippen molar-refractivity contribution in [3.63, 3.8) is 0 Å². The molecule has 0 aromatic carbocycles. The summed E-state index contributed by atoms with van der Waals surface area (Å²) >= 11 is 10.1. The van der Waals surface area contributed by atoms with Crippen LogP contribution in [0.25, 0.3) is 0 Å². The van der Waals surface area contributed by atoms with Gasteiger partial charge >= 0.3 is 5.97 Å². The molecule has 1 aliphatic rings. The van der Waals surface area contributed by atoms with Gasteiger partial charge in [0.25, 0.3) is 10.0 Å². The molecule has 0 N–H and O–H groups in total. The number of hydrogen-bond acceptors (Lipinski definition) is 5. The number of carbonyl (C=O) groups is 1. The molecule has 1 unspecified atom stereocenters. The van der Waals surface area contributed by atoms with Gasteiger partial charge in [-0.1, -0.05) is 11.6 Å². The Morgan fingerprint density at radius 1 is 1.55 bits per heavy atom. The highest BCUT2D eigenvalue weighted by atomic mass is 79.9. The lowest BCUT2D eigenvalue weighted by Gasteiger charge is -2.32. The van der Waals surface area contributed by atoms with Gasteiger partial charge in [0.2, 0.25) is 0 Å². The summed E-state index contributed by atoms with van der Waals surface area (Å²) in [5, 5.41) is 0.347. The smallest absolute Gasteiger partial charge is 0.324 e. The first kappa shape index (κ1) is 16.2. The maximum absolute atomic E-state index is 12.6. The van der Waals surface area contributed by atoms with Crippen LogP contribution in [-0.4, -0.2) is 38.4 Å². The summed E-state index contributed by atoms with van der Waals surface area (Å²) in [6, 6.07) is 0.646. The van der Waals surface area contributed by atoms with Gasteiger partial charge in [-0.05, 0) is 41.3 Å². The molecule has 0 radical (unpaired) electrons. The number of nitrogens with zero attached hydrogens (tertiary/aromatic N) is 1. The Bertz CT molecular complexity index is 596. The Hall–Kier alpha value is -0.150. The van der Waals surface area contributed by atoms with Gasteiger partial charge in [-0.2, -0.15) is 4.31 Å². The molecule has 1 atom stereocenters. The molecule has 1 saturated heterocycles. The molecule has 9 heteroatoms. The number of ether oxygens (including phenoxy) is 1. The van der Waals surface area contributed by atoms with Crippen LogP contribution in [0.2, 0.25) is 5.02 Å². The molecular formula is C11H13BrClNO4S2. The zero-order chi connectivity index (χ0) is 14.9. The van der Waals surface area contributed by atoms with Crippen LogP contribution < -0.4 is 0 Å². The van der Waals surface area contributed by atoms with Crippen LogP contribution in [-0.2, 0) is 19.6 Å². The van der Waals surface area contributed by atoms with Gasteiger partial charge in [-0.25, -0.2) is 8.42 Å². The topological polar surface area (TPSA) is 63.7 Å². The van der Waals surface area contributed by atoms with E-state index in [1.54, 1.807) is 0 Å². The predicted molar refractivity (Wildman–Crippen MR) is 80.6 cm³/mol. The van der Waals surface area contributed by atoms with Crippen molar-refractivity contribution in [2.45, 2.75) is 29.5 Å². The molecule has 2 rings (SSSR count). The van der Waals surface area contributed by atoms with E-state index in [9.17, 15) is 13.2 Å². The van der Waals surface area contributed by atoms with E-state index < -0.39 is 22.0 Å². The lowest BCUT2D eigenvalue weighted by molar-refractivity contribution is -0.146. The Morgan fingerprint density at radius 2 is 2.25 bits per heavy atom. The third-order valence-electron chi connectivity index (χ3n) is 3.11. The molecular weight excluding hydrogens is 390 g/mol. The molecule has 1 fully saturated rings. The minimum atomic E-state index is -3.73. The van der Waals surface area contributed by atoms with Gasteiger partial charge < -0.3 is 4.74 Å². The first-order valence-corrected chi connectivity index (χ1v) is 9.35. The van der Waals surface area contributed by atoms with E-state index in [1.807, 2.05) is 0 Å². The number of esters is 1. The van der Waals surface area contributed by atoms with E-state index in [1.165, 1.54) is 17.5 Å². The molecule has 2 heterocycles. The quantitative estimate of drug-likeness (QED) is 0.729. The van der Waals surface area contributed by atoms with Crippen molar-refractivity contribution >= 4 is 54.9 Å². The number of hydrogen-bond donors (Lipinski definition) is 0. The zero-order valence-electron chi connectivity index (χ0n) is 10.6. The van der Waals surface area contributed by atoms with Gasteiger partial charge in [0.15, 0.2) is 0 Å². The molecule has 20 heavy (non-hydrogen) atoms. The Morgan fingerprint density at radius 3 is 2.80 bits per heavy atom. The van der Waals surface area contributed by atoms with Crippen LogP contribution >= 0.6 is 38.9 Å². The van der Waals surface area contributed by atoms with Gasteiger partial charge in [-0.15, -0.1) is 11.3 Å². The second-order valence-corrected chi connectivity index (χ2v) is 9.23. The van der Waals surface area contributed by atoms with Crippen molar-refractivity contribution < 1.29 is 17.9 Å². The molecule has 1 aromatic rings. The average Bonchev–Trinajstić information content (AvgIpc) is 2.78. The fraction of sp³-hybridized carbons (Fsp3) is 0.545. The minimum Gasteiger partial charge on any atom is -0.468 e. The van der Waals surface area contributed by atoms with Crippen LogP contribution in [0.1, 0.15) is 19.3 Å². The number of piperidine rings is 1. The number of rotatable bonds is 3. The van der Waals surface area contributed by atoms with Crippen molar-refractivity contribution in [2.75, 3.05) is 13.7 Å². The predicted octanol–water partition coefficient (Wildman–Crippen LogP) is 2.88. The van der Waals surface area contributed by atoms with Gasteiger partial charge in [-0.3, -0.25) is 4.79 Å². The second kappa shape index (κ2) is 6.31. The summed E-state index contributed by atoms with van der Waals surface area (Å²) in [5.41, 5.74) is 0. The molecule has 0 saturated carbocycles. The van der Waals surface area contributed by atoms with Gasteiger partial charge in [0.05, 0.1) is 15.9 Å². The van der Waals surface area contributed by atoms with Crippen LogP contribution in [0.5, 0.6) is 0 Å². The molecule has 0 amide bonds. The number of methoxy groups -OCH3 is 1. The molecule has 1 aromatic heterocycles. The van der Waals surface area contributed by atoms with Crippen molar-refractivity contribution in [3.05, 3.63) is 14.9 Å². The molecule has 1 aliphatic heterocycles. The first-order chi connectivity index (χ1) is 9.37. The normalized spacial score (nSPS) is 20.9. The highest BCUT2D eigenvalue weighted by molar-refractivity contribution is 9.11. The number of carbonyl (C=O) groups excluding carboxylic acids is 1. The Labute approximate surface area is 135 Å². The van der Waals surface area contributed by atoms with Gasteiger partial charge in [0.1, 0.15) is 10.3 Å². The number of thiophene rings is 1. The third-order valence-corrected chi connectivity index (χ3v) is 7.94. The summed E-state index contributed by atoms with van der Waals surface area (Å²) in [6.07, 6.45) is 2.01.